The van der Waals surface area contributed by atoms with E-state index in [1.165, 1.54) is 0 Å². The van der Waals surface area contributed by atoms with Gasteiger partial charge in [0.05, 0.1) is 23.0 Å². The van der Waals surface area contributed by atoms with Gasteiger partial charge in [0.15, 0.2) is 0 Å². The molecule has 5 heteroatoms. The smallest absolute Gasteiger partial charge is 0.142 e. The van der Waals surface area contributed by atoms with Crippen LogP contribution in [0.2, 0.25) is 0 Å². The van der Waals surface area contributed by atoms with Crippen LogP contribution in [0.1, 0.15) is 29.7 Å². The van der Waals surface area contributed by atoms with Gasteiger partial charge in [-0.1, -0.05) is 6.92 Å². The Hall–Kier alpha value is -1.55. The van der Waals surface area contributed by atoms with Crippen LogP contribution in [0.3, 0.4) is 0 Å². The molecule has 4 nitrogen and oxygen atoms in total. The lowest BCUT2D eigenvalue weighted by atomic mass is 10.3. The third kappa shape index (κ3) is 3.26. The van der Waals surface area contributed by atoms with Crippen molar-refractivity contribution in [2.24, 2.45) is 7.05 Å². The molecule has 0 saturated heterocycles. The van der Waals surface area contributed by atoms with Crippen LogP contribution in [0, 0.1) is 6.92 Å². The molecular formula is C14H18ClN3O. The zero-order valence-electron chi connectivity index (χ0n) is 11.5. The third-order valence-electron chi connectivity index (χ3n) is 2.96. The fraction of sp³-hybridized carbons (Fsp3) is 0.429. The molecular weight excluding hydrogens is 262 g/mol. The Morgan fingerprint density at radius 2 is 2.16 bits per heavy atom. The molecule has 0 saturated carbocycles. The van der Waals surface area contributed by atoms with Gasteiger partial charge in [-0.15, -0.1) is 11.6 Å². The summed E-state index contributed by atoms with van der Waals surface area (Å²) in [6.45, 7) is 4.50. The largest absolute Gasteiger partial charge is 0.485 e. The van der Waals surface area contributed by atoms with E-state index < -0.39 is 0 Å². The van der Waals surface area contributed by atoms with E-state index in [9.17, 15) is 0 Å². The molecule has 0 aliphatic carbocycles. The number of pyridine rings is 1. The molecule has 102 valence electrons. The first kappa shape index (κ1) is 13.9. The van der Waals surface area contributed by atoms with Crippen molar-refractivity contribution in [3.63, 3.8) is 0 Å². The summed E-state index contributed by atoms with van der Waals surface area (Å²) in [7, 11) is 1.92. The zero-order chi connectivity index (χ0) is 13.8. The second kappa shape index (κ2) is 6.06. The predicted octanol–water partition coefficient (Wildman–Crippen LogP) is 3.00. The molecule has 0 fully saturated rings. The monoisotopic (exact) mass is 279 g/mol. The van der Waals surface area contributed by atoms with Gasteiger partial charge in [0.1, 0.15) is 12.4 Å². The first-order valence-corrected chi connectivity index (χ1v) is 6.84. The van der Waals surface area contributed by atoms with Gasteiger partial charge < -0.3 is 4.74 Å². The number of aryl methyl sites for hydroxylation is 3. The van der Waals surface area contributed by atoms with E-state index in [1.54, 1.807) is 0 Å². The van der Waals surface area contributed by atoms with E-state index in [2.05, 4.69) is 23.1 Å². The van der Waals surface area contributed by atoms with Gasteiger partial charge in [-0.3, -0.25) is 9.67 Å². The van der Waals surface area contributed by atoms with Crippen LogP contribution in [0.5, 0.6) is 5.75 Å². The number of alkyl halides is 1. The van der Waals surface area contributed by atoms with Crippen LogP contribution in [0.25, 0.3) is 0 Å². The Morgan fingerprint density at radius 1 is 1.37 bits per heavy atom. The van der Waals surface area contributed by atoms with Crippen molar-refractivity contribution >= 4 is 11.6 Å². The summed E-state index contributed by atoms with van der Waals surface area (Å²) in [5.41, 5.74) is 3.83. The first-order chi connectivity index (χ1) is 9.13. The molecule has 19 heavy (non-hydrogen) atoms. The Bertz CT molecular complexity index is 566. The van der Waals surface area contributed by atoms with E-state index in [-0.39, 0.29) is 0 Å². The van der Waals surface area contributed by atoms with E-state index >= 15 is 0 Å². The van der Waals surface area contributed by atoms with Crippen LogP contribution in [0.4, 0.5) is 0 Å². The minimum atomic E-state index is 0.350. The topological polar surface area (TPSA) is 39.9 Å². The molecule has 0 amide bonds. The Morgan fingerprint density at radius 3 is 2.79 bits per heavy atom. The molecule has 0 bridgehead atoms. The van der Waals surface area contributed by atoms with Crippen LogP contribution in [-0.4, -0.2) is 14.8 Å². The fourth-order valence-corrected chi connectivity index (χ4v) is 2.05. The number of nitrogens with zero attached hydrogens (tertiary/aromatic N) is 3. The van der Waals surface area contributed by atoms with E-state index in [4.69, 9.17) is 16.3 Å². The maximum Gasteiger partial charge on any atom is 0.142 e. The van der Waals surface area contributed by atoms with Crippen molar-refractivity contribution in [1.82, 2.24) is 14.8 Å². The lowest BCUT2D eigenvalue weighted by Gasteiger charge is -2.09. The highest BCUT2D eigenvalue weighted by atomic mass is 35.5. The number of hydrogen-bond donors (Lipinski definition) is 0. The quantitative estimate of drug-likeness (QED) is 0.790. The lowest BCUT2D eigenvalue weighted by molar-refractivity contribution is 0.291. The normalized spacial score (nSPS) is 10.7. The van der Waals surface area contributed by atoms with Crippen LogP contribution in [0.15, 0.2) is 18.2 Å². The second-order valence-corrected chi connectivity index (χ2v) is 4.69. The fourth-order valence-electron chi connectivity index (χ4n) is 1.86. The van der Waals surface area contributed by atoms with Crippen molar-refractivity contribution < 1.29 is 4.74 Å². The highest BCUT2D eigenvalue weighted by molar-refractivity contribution is 6.17. The zero-order valence-corrected chi connectivity index (χ0v) is 12.2. The Balaban J connectivity index is 2.11. The van der Waals surface area contributed by atoms with Crippen molar-refractivity contribution in [3.05, 3.63) is 41.0 Å². The predicted molar refractivity (Wildman–Crippen MR) is 75.4 cm³/mol. The average Bonchev–Trinajstić information content (AvgIpc) is 2.78. The van der Waals surface area contributed by atoms with Gasteiger partial charge in [-0.25, -0.2) is 0 Å². The van der Waals surface area contributed by atoms with Crippen molar-refractivity contribution in [1.29, 1.82) is 0 Å². The number of halogens is 1. The molecule has 0 aliphatic rings. The van der Waals surface area contributed by atoms with Crippen molar-refractivity contribution in [2.45, 2.75) is 32.8 Å². The summed E-state index contributed by atoms with van der Waals surface area (Å²) in [6, 6.07) is 5.89. The third-order valence-corrected chi connectivity index (χ3v) is 3.22. The summed E-state index contributed by atoms with van der Waals surface area (Å²) in [6.07, 6.45) is 0.923. The molecule has 2 rings (SSSR count). The van der Waals surface area contributed by atoms with Crippen LogP contribution in [-0.2, 0) is 26.0 Å². The minimum Gasteiger partial charge on any atom is -0.485 e. The van der Waals surface area contributed by atoms with E-state index in [0.29, 0.717) is 12.5 Å². The maximum absolute atomic E-state index is 5.88. The Labute approximate surface area is 118 Å². The summed E-state index contributed by atoms with van der Waals surface area (Å²) in [5.74, 6) is 1.09. The lowest BCUT2D eigenvalue weighted by Crippen LogP contribution is -2.05. The number of aromatic nitrogens is 3. The van der Waals surface area contributed by atoms with Gasteiger partial charge in [0, 0.05) is 12.7 Å². The van der Waals surface area contributed by atoms with Gasteiger partial charge in [0.25, 0.3) is 0 Å². The van der Waals surface area contributed by atoms with Crippen molar-refractivity contribution in [3.8, 4) is 5.75 Å². The summed E-state index contributed by atoms with van der Waals surface area (Å²) in [4.78, 5) is 4.37. The van der Waals surface area contributed by atoms with E-state index in [0.717, 1.165) is 34.9 Å². The molecule has 0 N–H and O–H groups in total. The molecule has 0 aliphatic heterocycles. The van der Waals surface area contributed by atoms with Crippen LogP contribution >= 0.6 is 11.6 Å². The molecule has 0 radical (unpaired) electrons. The number of rotatable bonds is 5. The SMILES string of the molecule is CCc1cc(COc2ccc(C)nc2CCl)n(C)n1. The van der Waals surface area contributed by atoms with Gasteiger partial charge in [-0.2, -0.15) is 5.10 Å². The molecule has 2 aromatic heterocycles. The average molecular weight is 280 g/mol. The molecule has 0 atom stereocenters. The van der Waals surface area contributed by atoms with Gasteiger partial charge in [0.2, 0.25) is 0 Å². The summed E-state index contributed by atoms with van der Waals surface area (Å²) >= 11 is 5.88. The number of hydrogen-bond acceptors (Lipinski definition) is 3. The molecule has 2 heterocycles. The van der Waals surface area contributed by atoms with Gasteiger partial charge >= 0.3 is 0 Å². The molecule has 0 unspecified atom stereocenters. The molecule has 0 aromatic carbocycles. The summed E-state index contributed by atoms with van der Waals surface area (Å²) in [5, 5.41) is 4.39. The van der Waals surface area contributed by atoms with Crippen molar-refractivity contribution in [2.75, 3.05) is 0 Å². The highest BCUT2D eigenvalue weighted by Gasteiger charge is 2.08. The molecule has 2 aromatic rings. The minimum absolute atomic E-state index is 0.350. The standard InChI is InChI=1S/C14H18ClN3O/c1-4-11-7-12(18(3)17-11)9-19-14-6-5-10(2)16-13(14)8-15/h5-7H,4,8-9H2,1-3H3. The van der Waals surface area contributed by atoms with Gasteiger partial charge in [-0.05, 0) is 31.5 Å². The Kier molecular flexibility index (Phi) is 4.43. The van der Waals surface area contributed by atoms with Crippen LogP contribution < -0.4 is 4.74 Å². The maximum atomic E-state index is 5.88. The van der Waals surface area contributed by atoms with E-state index in [1.807, 2.05) is 30.8 Å². The highest BCUT2D eigenvalue weighted by Crippen LogP contribution is 2.20. The first-order valence-electron chi connectivity index (χ1n) is 6.31. The second-order valence-electron chi connectivity index (χ2n) is 4.42. The summed E-state index contributed by atoms with van der Waals surface area (Å²) < 4.78 is 7.65. The number of ether oxygens (including phenoxy) is 1. The molecule has 0 spiro atoms.